The van der Waals surface area contributed by atoms with Crippen LogP contribution >= 0.6 is 0 Å². The molecule has 2 aliphatic rings. The molecule has 3 amide bonds. The van der Waals surface area contributed by atoms with Gasteiger partial charge in [0.25, 0.3) is 5.91 Å². The number of amides is 3. The molecule has 0 radical (unpaired) electrons. The fourth-order valence-corrected chi connectivity index (χ4v) is 3.24. The topological polar surface area (TPSA) is 95.5 Å². The summed E-state index contributed by atoms with van der Waals surface area (Å²) < 4.78 is 0. The quantitative estimate of drug-likeness (QED) is 0.713. The van der Waals surface area contributed by atoms with Crippen molar-refractivity contribution in [3.8, 4) is 0 Å². The number of imide groups is 1. The summed E-state index contributed by atoms with van der Waals surface area (Å²) in [5.74, 6) is -2.20. The van der Waals surface area contributed by atoms with Crippen LogP contribution in [0.25, 0.3) is 0 Å². The van der Waals surface area contributed by atoms with Crippen molar-refractivity contribution in [1.82, 2.24) is 10.6 Å². The van der Waals surface area contributed by atoms with Crippen LogP contribution in [0.15, 0.2) is 24.3 Å². The van der Waals surface area contributed by atoms with Gasteiger partial charge in [0.2, 0.25) is 0 Å². The number of carbonyl (C=O) groups is 3. The highest BCUT2D eigenvalue weighted by Crippen LogP contribution is 2.49. The predicted octanol–water partition coefficient (Wildman–Crippen LogP) is 1.23. The molecule has 0 aromatic heterocycles. The van der Waals surface area contributed by atoms with Crippen LogP contribution in [-0.4, -0.2) is 28.6 Å². The molecule has 1 saturated carbocycles. The van der Waals surface area contributed by atoms with Gasteiger partial charge in [0.05, 0.1) is 5.92 Å². The van der Waals surface area contributed by atoms with Gasteiger partial charge in [0.1, 0.15) is 5.54 Å². The molecule has 22 heavy (non-hydrogen) atoms. The van der Waals surface area contributed by atoms with Crippen molar-refractivity contribution in [3.05, 3.63) is 35.4 Å². The molecule has 1 heterocycles. The summed E-state index contributed by atoms with van der Waals surface area (Å²) in [7, 11) is 0. The van der Waals surface area contributed by atoms with E-state index in [9.17, 15) is 14.4 Å². The number of carboxylic acid groups (broad SMARTS) is 1. The number of urea groups is 1. The van der Waals surface area contributed by atoms with Gasteiger partial charge < -0.3 is 10.4 Å². The van der Waals surface area contributed by atoms with Gasteiger partial charge in [-0.05, 0) is 31.7 Å². The molecule has 3 N–H and O–H groups in total. The van der Waals surface area contributed by atoms with E-state index < -0.39 is 29.4 Å². The van der Waals surface area contributed by atoms with Crippen LogP contribution in [0, 0.1) is 18.8 Å². The number of hydrogen-bond donors (Lipinski definition) is 3. The number of hydrogen-bond acceptors (Lipinski definition) is 3. The van der Waals surface area contributed by atoms with E-state index in [0.717, 1.165) is 11.1 Å². The number of nitrogens with one attached hydrogen (secondary N) is 2. The second-order valence-corrected chi connectivity index (χ2v) is 6.15. The number of rotatable bonds is 5. The molecule has 2 fully saturated rings. The molecular formula is C16H18N2O4. The summed E-state index contributed by atoms with van der Waals surface area (Å²) in [5.41, 5.74) is 1.12. The number of carboxylic acids is 1. The molecule has 1 aromatic carbocycles. The largest absolute Gasteiger partial charge is 0.481 e. The normalized spacial score (nSPS) is 29.9. The Bertz CT molecular complexity index is 640. The minimum atomic E-state index is -1.09. The van der Waals surface area contributed by atoms with Gasteiger partial charge in [-0.2, -0.15) is 0 Å². The first kappa shape index (κ1) is 14.6. The van der Waals surface area contributed by atoms with Crippen LogP contribution in [0.1, 0.15) is 24.0 Å². The molecule has 3 atom stereocenters. The van der Waals surface area contributed by atoms with Crippen molar-refractivity contribution in [2.24, 2.45) is 11.8 Å². The Balaban J connectivity index is 1.78. The lowest BCUT2D eigenvalue weighted by Gasteiger charge is -2.26. The summed E-state index contributed by atoms with van der Waals surface area (Å²) >= 11 is 0. The molecule has 1 unspecified atom stereocenters. The van der Waals surface area contributed by atoms with Gasteiger partial charge in [0, 0.05) is 5.92 Å². The Hall–Kier alpha value is -2.37. The predicted molar refractivity (Wildman–Crippen MR) is 78.1 cm³/mol. The van der Waals surface area contributed by atoms with E-state index in [2.05, 4.69) is 10.6 Å². The van der Waals surface area contributed by atoms with Crippen molar-refractivity contribution in [2.45, 2.75) is 31.7 Å². The molecule has 3 rings (SSSR count). The Morgan fingerprint density at radius 1 is 1.32 bits per heavy atom. The molecule has 0 spiro atoms. The fraction of sp³-hybridized carbons (Fsp3) is 0.438. The standard InChI is InChI=1S/C16H18N2O4/c1-9-2-4-10(5-3-9)6-7-16(12-8-11(12)13(19)20)14(21)17-15(22)18-16/h2-5,11-12H,6-8H2,1H3,(H,19,20)(H2,17,18,21,22)/t11-,12-,16?/m0/s1. The Morgan fingerprint density at radius 3 is 2.50 bits per heavy atom. The number of aryl methyl sites for hydroxylation is 2. The van der Waals surface area contributed by atoms with Gasteiger partial charge in [0.15, 0.2) is 0 Å². The van der Waals surface area contributed by atoms with E-state index in [4.69, 9.17) is 5.11 Å². The average molecular weight is 302 g/mol. The Labute approximate surface area is 127 Å². The van der Waals surface area contributed by atoms with E-state index in [1.54, 1.807) is 0 Å². The second kappa shape index (κ2) is 5.12. The molecule has 116 valence electrons. The molecule has 1 aromatic rings. The maximum atomic E-state index is 12.2. The first-order valence-corrected chi connectivity index (χ1v) is 7.34. The smallest absolute Gasteiger partial charge is 0.322 e. The first-order chi connectivity index (χ1) is 10.4. The monoisotopic (exact) mass is 302 g/mol. The van der Waals surface area contributed by atoms with Crippen molar-refractivity contribution in [3.63, 3.8) is 0 Å². The van der Waals surface area contributed by atoms with Crippen LogP contribution in [0.2, 0.25) is 0 Å². The molecule has 6 nitrogen and oxygen atoms in total. The summed E-state index contributed by atoms with van der Waals surface area (Å²) in [6.07, 6.45) is 1.44. The zero-order valence-corrected chi connectivity index (χ0v) is 12.3. The lowest BCUT2D eigenvalue weighted by molar-refractivity contribution is -0.139. The zero-order valence-electron chi connectivity index (χ0n) is 12.3. The van der Waals surface area contributed by atoms with Gasteiger partial charge in [-0.1, -0.05) is 29.8 Å². The zero-order chi connectivity index (χ0) is 15.9. The van der Waals surface area contributed by atoms with Gasteiger partial charge in [-0.3, -0.25) is 14.9 Å². The van der Waals surface area contributed by atoms with E-state index in [1.807, 2.05) is 31.2 Å². The van der Waals surface area contributed by atoms with E-state index >= 15 is 0 Å². The summed E-state index contributed by atoms with van der Waals surface area (Å²) in [5, 5.41) is 14.1. The third kappa shape index (κ3) is 2.45. The third-order valence-corrected chi connectivity index (χ3v) is 4.64. The minimum absolute atomic E-state index is 0.332. The number of aliphatic carboxylic acids is 1. The highest BCUT2D eigenvalue weighted by atomic mass is 16.4. The van der Waals surface area contributed by atoms with Crippen molar-refractivity contribution >= 4 is 17.9 Å². The maximum absolute atomic E-state index is 12.2. The molecule has 0 bridgehead atoms. The van der Waals surface area contributed by atoms with E-state index in [0.29, 0.717) is 19.3 Å². The Morgan fingerprint density at radius 2 is 2.00 bits per heavy atom. The molecule has 6 heteroatoms. The molecule has 1 aliphatic heterocycles. The fourth-order valence-electron chi connectivity index (χ4n) is 3.24. The summed E-state index contributed by atoms with van der Waals surface area (Å²) in [4.78, 5) is 34.9. The second-order valence-electron chi connectivity index (χ2n) is 6.15. The van der Waals surface area contributed by atoms with Crippen LogP contribution in [0.5, 0.6) is 0 Å². The van der Waals surface area contributed by atoms with Crippen LogP contribution in [0.3, 0.4) is 0 Å². The van der Waals surface area contributed by atoms with Gasteiger partial charge in [-0.25, -0.2) is 4.79 Å². The molecular weight excluding hydrogens is 284 g/mol. The Kier molecular flexibility index (Phi) is 3.39. The van der Waals surface area contributed by atoms with Crippen LogP contribution < -0.4 is 10.6 Å². The summed E-state index contributed by atoms with van der Waals surface area (Å²) in [6.45, 7) is 2.00. The van der Waals surface area contributed by atoms with Gasteiger partial charge >= 0.3 is 12.0 Å². The molecule has 1 saturated heterocycles. The highest BCUT2D eigenvalue weighted by Gasteiger charge is 2.62. The minimum Gasteiger partial charge on any atom is -0.481 e. The van der Waals surface area contributed by atoms with E-state index in [-0.39, 0.29) is 5.92 Å². The lowest BCUT2D eigenvalue weighted by atomic mass is 9.85. The molecule has 1 aliphatic carbocycles. The van der Waals surface area contributed by atoms with Crippen molar-refractivity contribution < 1.29 is 19.5 Å². The number of carbonyl (C=O) groups excluding carboxylic acids is 2. The highest BCUT2D eigenvalue weighted by molar-refractivity contribution is 6.07. The SMILES string of the molecule is Cc1ccc(CCC2([C@H]3C[C@@H]3C(=O)O)NC(=O)NC2=O)cc1. The third-order valence-electron chi connectivity index (χ3n) is 4.64. The lowest BCUT2D eigenvalue weighted by Crippen LogP contribution is -2.50. The van der Waals surface area contributed by atoms with Crippen LogP contribution in [-0.2, 0) is 16.0 Å². The van der Waals surface area contributed by atoms with Crippen molar-refractivity contribution in [2.75, 3.05) is 0 Å². The van der Waals surface area contributed by atoms with E-state index in [1.165, 1.54) is 0 Å². The average Bonchev–Trinajstić information content (AvgIpc) is 3.21. The maximum Gasteiger partial charge on any atom is 0.322 e. The van der Waals surface area contributed by atoms with Crippen LogP contribution in [0.4, 0.5) is 4.79 Å². The van der Waals surface area contributed by atoms with Crippen molar-refractivity contribution in [1.29, 1.82) is 0 Å². The first-order valence-electron chi connectivity index (χ1n) is 7.34. The van der Waals surface area contributed by atoms with Gasteiger partial charge in [-0.15, -0.1) is 0 Å². The summed E-state index contributed by atoms with van der Waals surface area (Å²) in [6, 6.07) is 7.42. The number of benzene rings is 1.